The quantitative estimate of drug-likeness (QED) is 0.562. The molecule has 0 atom stereocenters. The van der Waals surface area contributed by atoms with Crippen LogP contribution in [-0.2, 0) is 13.1 Å². The Hall–Kier alpha value is -2.30. The standard InChI is InChI=1S/C14H17N5/c15-12-3-4-14-13(9-12)17-11-19(14)7-2-1-6-18-8-5-16-10-18/h3-5,8-11H,1-2,6-7,15H2. The molecule has 3 rings (SSSR count). The number of nitrogens with zero attached hydrogens (tertiary/aromatic N) is 4. The van der Waals surface area contributed by atoms with E-state index in [1.807, 2.05) is 43.2 Å². The summed E-state index contributed by atoms with van der Waals surface area (Å²) in [4.78, 5) is 8.41. The van der Waals surface area contributed by atoms with Gasteiger partial charge in [-0.15, -0.1) is 0 Å². The average molecular weight is 255 g/mol. The van der Waals surface area contributed by atoms with Gasteiger partial charge >= 0.3 is 0 Å². The maximum atomic E-state index is 5.75. The molecule has 1 aromatic carbocycles. The fourth-order valence-corrected chi connectivity index (χ4v) is 2.25. The fourth-order valence-electron chi connectivity index (χ4n) is 2.25. The lowest BCUT2D eigenvalue weighted by molar-refractivity contribution is 0.559. The maximum absolute atomic E-state index is 5.75. The Kier molecular flexibility index (Phi) is 3.18. The molecule has 5 heteroatoms. The van der Waals surface area contributed by atoms with Crippen LogP contribution in [-0.4, -0.2) is 19.1 Å². The van der Waals surface area contributed by atoms with E-state index in [9.17, 15) is 0 Å². The van der Waals surface area contributed by atoms with Crippen molar-refractivity contribution in [2.45, 2.75) is 25.9 Å². The summed E-state index contributed by atoms with van der Waals surface area (Å²) < 4.78 is 4.29. The van der Waals surface area contributed by atoms with E-state index in [2.05, 4.69) is 19.1 Å². The number of benzene rings is 1. The van der Waals surface area contributed by atoms with E-state index in [0.717, 1.165) is 42.7 Å². The lowest BCUT2D eigenvalue weighted by atomic mass is 10.2. The number of aryl methyl sites for hydroxylation is 2. The van der Waals surface area contributed by atoms with Gasteiger partial charge in [-0.2, -0.15) is 0 Å². The van der Waals surface area contributed by atoms with Crippen LogP contribution in [0.1, 0.15) is 12.8 Å². The van der Waals surface area contributed by atoms with Crippen molar-refractivity contribution in [3.05, 3.63) is 43.2 Å². The lowest BCUT2D eigenvalue weighted by Gasteiger charge is -2.05. The summed E-state index contributed by atoms with van der Waals surface area (Å²) in [5, 5.41) is 0. The van der Waals surface area contributed by atoms with Gasteiger partial charge in [0.2, 0.25) is 0 Å². The van der Waals surface area contributed by atoms with E-state index in [0.29, 0.717) is 0 Å². The molecule has 0 spiro atoms. The second-order valence-electron chi connectivity index (χ2n) is 4.69. The van der Waals surface area contributed by atoms with Crippen LogP contribution in [0, 0.1) is 0 Å². The van der Waals surface area contributed by atoms with E-state index < -0.39 is 0 Å². The minimum absolute atomic E-state index is 0.762. The van der Waals surface area contributed by atoms with Gasteiger partial charge in [-0.25, -0.2) is 9.97 Å². The molecule has 0 unspecified atom stereocenters. The molecule has 0 saturated carbocycles. The molecule has 5 nitrogen and oxygen atoms in total. The number of nitrogen functional groups attached to an aromatic ring is 1. The summed E-state index contributed by atoms with van der Waals surface area (Å²) in [5.41, 5.74) is 8.63. The van der Waals surface area contributed by atoms with Crippen LogP contribution >= 0.6 is 0 Å². The molecule has 0 aliphatic rings. The van der Waals surface area contributed by atoms with Crippen LogP contribution in [0.15, 0.2) is 43.2 Å². The molecule has 0 saturated heterocycles. The SMILES string of the molecule is Nc1ccc2c(c1)ncn2CCCCn1ccnc1. The zero-order valence-corrected chi connectivity index (χ0v) is 10.7. The molecule has 2 N–H and O–H groups in total. The van der Waals surface area contributed by atoms with E-state index >= 15 is 0 Å². The minimum atomic E-state index is 0.762. The molecule has 98 valence electrons. The van der Waals surface area contributed by atoms with Gasteiger partial charge in [0.1, 0.15) is 0 Å². The van der Waals surface area contributed by atoms with E-state index in [-0.39, 0.29) is 0 Å². The third-order valence-corrected chi connectivity index (χ3v) is 3.27. The number of fused-ring (bicyclic) bond motifs is 1. The second kappa shape index (κ2) is 5.14. The van der Waals surface area contributed by atoms with Crippen LogP contribution in [0.4, 0.5) is 5.69 Å². The summed E-state index contributed by atoms with van der Waals surface area (Å²) in [7, 11) is 0. The summed E-state index contributed by atoms with van der Waals surface area (Å²) in [6.45, 7) is 1.99. The molecule has 0 fully saturated rings. The molecule has 0 aliphatic carbocycles. The highest BCUT2D eigenvalue weighted by atomic mass is 15.0. The van der Waals surface area contributed by atoms with Gasteiger partial charge in [0.25, 0.3) is 0 Å². The predicted octanol–water partition coefficient (Wildman–Crippen LogP) is 2.30. The molecule has 19 heavy (non-hydrogen) atoms. The second-order valence-corrected chi connectivity index (χ2v) is 4.69. The zero-order chi connectivity index (χ0) is 13.1. The Labute approximate surface area is 111 Å². The normalized spacial score (nSPS) is 11.2. The fraction of sp³-hybridized carbons (Fsp3) is 0.286. The predicted molar refractivity (Wildman–Crippen MR) is 75.6 cm³/mol. The van der Waals surface area contributed by atoms with Crippen molar-refractivity contribution in [1.29, 1.82) is 0 Å². The molecular weight excluding hydrogens is 238 g/mol. The van der Waals surface area contributed by atoms with Gasteiger partial charge in [-0.05, 0) is 31.0 Å². The molecule has 2 aromatic heterocycles. The Balaban J connectivity index is 1.59. The first kappa shape index (κ1) is 11.8. The van der Waals surface area contributed by atoms with Crippen LogP contribution < -0.4 is 5.73 Å². The number of hydrogen-bond donors (Lipinski definition) is 1. The highest BCUT2D eigenvalue weighted by molar-refractivity contribution is 5.78. The first-order chi connectivity index (χ1) is 9.33. The van der Waals surface area contributed by atoms with Crippen LogP contribution in [0.3, 0.4) is 0 Å². The van der Waals surface area contributed by atoms with Gasteiger partial charge in [0.05, 0.1) is 23.7 Å². The molecule has 0 radical (unpaired) electrons. The monoisotopic (exact) mass is 255 g/mol. The summed E-state index contributed by atoms with van der Waals surface area (Å²) in [5.74, 6) is 0. The largest absolute Gasteiger partial charge is 0.399 e. The Morgan fingerprint density at radius 3 is 2.84 bits per heavy atom. The number of anilines is 1. The molecule has 2 heterocycles. The molecule has 0 aliphatic heterocycles. The van der Waals surface area contributed by atoms with Crippen molar-refractivity contribution < 1.29 is 0 Å². The Morgan fingerprint density at radius 2 is 2.00 bits per heavy atom. The summed E-state index contributed by atoms with van der Waals surface area (Å²) in [6.07, 6.45) is 9.80. The van der Waals surface area contributed by atoms with Gasteiger partial charge < -0.3 is 14.9 Å². The molecule has 0 amide bonds. The number of unbranched alkanes of at least 4 members (excludes halogenated alkanes) is 1. The molecule has 0 bridgehead atoms. The highest BCUT2D eigenvalue weighted by Gasteiger charge is 2.02. The first-order valence-corrected chi connectivity index (χ1v) is 6.49. The van der Waals surface area contributed by atoms with Gasteiger partial charge in [0, 0.05) is 31.2 Å². The summed E-state index contributed by atoms with van der Waals surface area (Å²) >= 11 is 0. The van der Waals surface area contributed by atoms with Crippen LogP contribution in [0.5, 0.6) is 0 Å². The minimum Gasteiger partial charge on any atom is -0.399 e. The van der Waals surface area contributed by atoms with Crippen LogP contribution in [0.25, 0.3) is 11.0 Å². The van der Waals surface area contributed by atoms with Gasteiger partial charge in [-0.1, -0.05) is 0 Å². The number of aromatic nitrogens is 4. The summed E-state index contributed by atoms with van der Waals surface area (Å²) in [6, 6.07) is 5.87. The highest BCUT2D eigenvalue weighted by Crippen LogP contribution is 2.16. The number of nitrogens with two attached hydrogens (primary N) is 1. The third-order valence-electron chi connectivity index (χ3n) is 3.27. The number of hydrogen-bond acceptors (Lipinski definition) is 3. The third kappa shape index (κ3) is 2.59. The van der Waals surface area contributed by atoms with Crippen molar-refractivity contribution in [2.75, 3.05) is 5.73 Å². The smallest absolute Gasteiger partial charge is 0.0958 e. The maximum Gasteiger partial charge on any atom is 0.0958 e. The van der Waals surface area contributed by atoms with Gasteiger partial charge in [-0.3, -0.25) is 0 Å². The van der Waals surface area contributed by atoms with E-state index in [1.165, 1.54) is 0 Å². The molecule has 3 aromatic rings. The zero-order valence-electron chi connectivity index (χ0n) is 10.7. The van der Waals surface area contributed by atoms with Crippen molar-refractivity contribution in [1.82, 2.24) is 19.1 Å². The Morgan fingerprint density at radius 1 is 1.11 bits per heavy atom. The van der Waals surface area contributed by atoms with Crippen molar-refractivity contribution in [3.8, 4) is 0 Å². The lowest BCUT2D eigenvalue weighted by Crippen LogP contribution is -2.00. The van der Waals surface area contributed by atoms with Crippen molar-refractivity contribution >= 4 is 16.7 Å². The topological polar surface area (TPSA) is 61.7 Å². The van der Waals surface area contributed by atoms with E-state index in [4.69, 9.17) is 5.73 Å². The van der Waals surface area contributed by atoms with Gasteiger partial charge in [0.15, 0.2) is 0 Å². The number of imidazole rings is 2. The average Bonchev–Trinajstić information content (AvgIpc) is 3.03. The number of rotatable bonds is 5. The van der Waals surface area contributed by atoms with Crippen molar-refractivity contribution in [3.63, 3.8) is 0 Å². The first-order valence-electron chi connectivity index (χ1n) is 6.49. The Bertz CT molecular complexity index is 654. The van der Waals surface area contributed by atoms with Crippen molar-refractivity contribution in [2.24, 2.45) is 0 Å². The van der Waals surface area contributed by atoms with Crippen LogP contribution in [0.2, 0.25) is 0 Å². The van der Waals surface area contributed by atoms with E-state index in [1.54, 1.807) is 0 Å². The molecular formula is C14H17N5.